The molecule has 7 nitrogen and oxygen atoms in total. The Morgan fingerprint density at radius 3 is 2.50 bits per heavy atom. The smallest absolute Gasteiger partial charge is 0.338 e. The molecule has 0 fully saturated rings. The zero-order valence-corrected chi connectivity index (χ0v) is 14.8. The molecule has 0 aromatic heterocycles. The van der Waals surface area contributed by atoms with Crippen LogP contribution in [0, 0.1) is 13.8 Å². The van der Waals surface area contributed by atoms with E-state index in [2.05, 4.69) is 10.6 Å². The monoisotopic (exact) mass is 356 g/mol. The average Bonchev–Trinajstić information content (AvgIpc) is 2.63. The summed E-state index contributed by atoms with van der Waals surface area (Å²) in [6.07, 6.45) is 0. The molecule has 0 aliphatic rings. The first-order chi connectivity index (χ1) is 12.4. The Balaban J connectivity index is 1.85. The zero-order valence-electron chi connectivity index (χ0n) is 14.8. The SMILES string of the molecule is COc1cccc(C(=O)OCC(=O)NC(=O)Nc2cccc(C)c2C)c1. The highest BCUT2D eigenvalue weighted by Gasteiger charge is 2.14. The van der Waals surface area contributed by atoms with Gasteiger partial charge in [0.05, 0.1) is 12.7 Å². The number of esters is 1. The van der Waals surface area contributed by atoms with Crippen LogP contribution in [-0.2, 0) is 9.53 Å². The van der Waals surface area contributed by atoms with Crippen molar-refractivity contribution in [1.82, 2.24) is 5.32 Å². The second-order valence-corrected chi connectivity index (χ2v) is 5.56. The molecule has 0 spiro atoms. The fourth-order valence-electron chi connectivity index (χ4n) is 2.17. The van der Waals surface area contributed by atoms with E-state index in [1.165, 1.54) is 19.2 Å². The summed E-state index contributed by atoms with van der Waals surface area (Å²) in [6, 6.07) is 11.1. The number of benzene rings is 2. The molecule has 0 radical (unpaired) electrons. The lowest BCUT2D eigenvalue weighted by molar-refractivity contribution is -0.123. The summed E-state index contributed by atoms with van der Waals surface area (Å²) >= 11 is 0. The van der Waals surface area contributed by atoms with Crippen molar-refractivity contribution in [1.29, 1.82) is 0 Å². The van der Waals surface area contributed by atoms with Crippen LogP contribution in [0.1, 0.15) is 21.5 Å². The molecule has 7 heteroatoms. The van der Waals surface area contributed by atoms with E-state index in [1.807, 2.05) is 19.9 Å². The minimum absolute atomic E-state index is 0.247. The number of aryl methyl sites for hydroxylation is 1. The maximum absolute atomic E-state index is 11.9. The standard InChI is InChI=1S/C19H20N2O5/c1-12-6-4-9-16(13(12)2)20-19(24)21-17(22)11-26-18(23)14-7-5-8-15(10-14)25-3/h4-10H,11H2,1-3H3,(H2,20,21,22,24). The van der Waals surface area contributed by atoms with Crippen LogP contribution in [0.15, 0.2) is 42.5 Å². The Labute approximate surface area is 151 Å². The summed E-state index contributed by atoms with van der Waals surface area (Å²) in [5.74, 6) is -0.921. The second-order valence-electron chi connectivity index (χ2n) is 5.56. The van der Waals surface area contributed by atoms with E-state index in [-0.39, 0.29) is 5.56 Å². The Morgan fingerprint density at radius 1 is 1.04 bits per heavy atom. The van der Waals surface area contributed by atoms with Gasteiger partial charge >= 0.3 is 12.0 Å². The first-order valence-electron chi connectivity index (χ1n) is 7.89. The van der Waals surface area contributed by atoms with Gasteiger partial charge in [0.2, 0.25) is 0 Å². The normalized spacial score (nSPS) is 9.96. The quantitative estimate of drug-likeness (QED) is 0.804. The van der Waals surface area contributed by atoms with Gasteiger partial charge < -0.3 is 14.8 Å². The lowest BCUT2D eigenvalue weighted by atomic mass is 10.1. The van der Waals surface area contributed by atoms with Crippen molar-refractivity contribution >= 4 is 23.6 Å². The summed E-state index contributed by atoms with van der Waals surface area (Å²) in [4.78, 5) is 35.6. The summed E-state index contributed by atoms with van der Waals surface area (Å²) in [6.45, 7) is 3.21. The largest absolute Gasteiger partial charge is 0.497 e. The van der Waals surface area contributed by atoms with E-state index in [4.69, 9.17) is 9.47 Å². The molecule has 26 heavy (non-hydrogen) atoms. The van der Waals surface area contributed by atoms with Gasteiger partial charge in [0, 0.05) is 5.69 Å². The van der Waals surface area contributed by atoms with Gasteiger partial charge in [-0.15, -0.1) is 0 Å². The number of hydrogen-bond donors (Lipinski definition) is 2. The van der Waals surface area contributed by atoms with E-state index < -0.39 is 24.5 Å². The number of carbonyl (C=O) groups is 3. The molecule has 2 aromatic rings. The molecular formula is C19H20N2O5. The van der Waals surface area contributed by atoms with Crippen LogP contribution in [0.25, 0.3) is 0 Å². The molecule has 0 atom stereocenters. The number of hydrogen-bond acceptors (Lipinski definition) is 5. The lowest BCUT2D eigenvalue weighted by Gasteiger charge is -2.11. The van der Waals surface area contributed by atoms with Crippen molar-refractivity contribution in [3.05, 3.63) is 59.2 Å². The minimum atomic E-state index is -0.732. The van der Waals surface area contributed by atoms with Crippen LogP contribution >= 0.6 is 0 Å². The van der Waals surface area contributed by atoms with E-state index in [0.717, 1.165) is 11.1 Å². The van der Waals surface area contributed by atoms with Crippen LogP contribution in [0.4, 0.5) is 10.5 Å². The number of anilines is 1. The van der Waals surface area contributed by atoms with E-state index >= 15 is 0 Å². The second kappa shape index (κ2) is 8.66. The third-order valence-electron chi connectivity index (χ3n) is 3.75. The zero-order chi connectivity index (χ0) is 19.1. The van der Waals surface area contributed by atoms with Crippen LogP contribution in [0.2, 0.25) is 0 Å². The number of amides is 3. The fraction of sp³-hybridized carbons (Fsp3) is 0.211. The van der Waals surface area contributed by atoms with Crippen molar-refractivity contribution in [3.63, 3.8) is 0 Å². The maximum Gasteiger partial charge on any atom is 0.338 e. The average molecular weight is 356 g/mol. The van der Waals surface area contributed by atoms with E-state index in [0.29, 0.717) is 11.4 Å². The number of methoxy groups -OCH3 is 1. The van der Waals surface area contributed by atoms with Gasteiger partial charge in [-0.2, -0.15) is 0 Å². The van der Waals surface area contributed by atoms with Gasteiger partial charge in [-0.25, -0.2) is 9.59 Å². The highest BCUT2D eigenvalue weighted by atomic mass is 16.5. The third kappa shape index (κ3) is 5.07. The van der Waals surface area contributed by atoms with Gasteiger partial charge in [0.15, 0.2) is 6.61 Å². The first-order valence-corrected chi connectivity index (χ1v) is 7.89. The molecule has 0 saturated heterocycles. The molecule has 2 rings (SSSR count). The number of urea groups is 1. The molecule has 2 N–H and O–H groups in total. The van der Waals surface area contributed by atoms with Crippen molar-refractivity contribution in [3.8, 4) is 5.75 Å². The van der Waals surface area contributed by atoms with Crippen molar-refractivity contribution in [2.75, 3.05) is 19.0 Å². The van der Waals surface area contributed by atoms with Gasteiger partial charge in [-0.3, -0.25) is 10.1 Å². The molecule has 0 aliphatic carbocycles. The summed E-state index contributed by atoms with van der Waals surface area (Å²) in [5, 5.41) is 4.70. The number of nitrogens with one attached hydrogen (secondary N) is 2. The number of carbonyl (C=O) groups excluding carboxylic acids is 3. The van der Waals surface area contributed by atoms with Crippen LogP contribution in [0.3, 0.4) is 0 Å². The minimum Gasteiger partial charge on any atom is -0.497 e. The van der Waals surface area contributed by atoms with Crippen LogP contribution < -0.4 is 15.4 Å². The van der Waals surface area contributed by atoms with E-state index in [1.54, 1.807) is 24.3 Å². The molecule has 2 aromatic carbocycles. The van der Waals surface area contributed by atoms with Crippen LogP contribution in [-0.4, -0.2) is 31.6 Å². The summed E-state index contributed by atoms with van der Waals surface area (Å²) in [5.41, 5.74) is 2.77. The van der Waals surface area contributed by atoms with Crippen molar-refractivity contribution in [2.24, 2.45) is 0 Å². The molecule has 0 aliphatic heterocycles. The van der Waals surface area contributed by atoms with Gasteiger partial charge in [0.1, 0.15) is 5.75 Å². The van der Waals surface area contributed by atoms with Crippen molar-refractivity contribution in [2.45, 2.75) is 13.8 Å². The lowest BCUT2D eigenvalue weighted by Crippen LogP contribution is -2.37. The molecule has 0 saturated carbocycles. The van der Waals surface area contributed by atoms with Gasteiger partial charge in [-0.1, -0.05) is 18.2 Å². The predicted octanol–water partition coefficient (Wildman–Crippen LogP) is 2.82. The number of ether oxygens (including phenoxy) is 2. The van der Waals surface area contributed by atoms with Gasteiger partial charge in [-0.05, 0) is 49.2 Å². The Hall–Kier alpha value is -3.35. The molecule has 0 heterocycles. The maximum atomic E-state index is 11.9. The first kappa shape index (κ1) is 19.0. The number of imide groups is 1. The highest BCUT2D eigenvalue weighted by molar-refractivity contribution is 6.02. The van der Waals surface area contributed by atoms with E-state index in [9.17, 15) is 14.4 Å². The Bertz CT molecular complexity index is 832. The predicted molar refractivity (Wildman–Crippen MR) is 96.4 cm³/mol. The van der Waals surface area contributed by atoms with Gasteiger partial charge in [0.25, 0.3) is 5.91 Å². The summed E-state index contributed by atoms with van der Waals surface area (Å²) < 4.78 is 9.91. The molecular weight excluding hydrogens is 336 g/mol. The topological polar surface area (TPSA) is 93.7 Å². The number of rotatable bonds is 5. The fourth-order valence-corrected chi connectivity index (χ4v) is 2.17. The highest BCUT2D eigenvalue weighted by Crippen LogP contribution is 2.17. The Kier molecular flexibility index (Phi) is 6.32. The summed E-state index contributed by atoms with van der Waals surface area (Å²) in [7, 11) is 1.48. The molecule has 0 bridgehead atoms. The Morgan fingerprint density at radius 2 is 1.77 bits per heavy atom. The third-order valence-corrected chi connectivity index (χ3v) is 3.75. The molecule has 136 valence electrons. The molecule has 0 unspecified atom stereocenters. The molecule has 3 amide bonds. The van der Waals surface area contributed by atoms with Crippen LogP contribution in [0.5, 0.6) is 5.75 Å². The van der Waals surface area contributed by atoms with Crippen molar-refractivity contribution < 1.29 is 23.9 Å².